The summed E-state index contributed by atoms with van der Waals surface area (Å²) in [6, 6.07) is 18.4. The van der Waals surface area contributed by atoms with Crippen LogP contribution in [0.1, 0.15) is 24.1 Å². The van der Waals surface area contributed by atoms with Crippen molar-refractivity contribution >= 4 is 5.97 Å². The van der Waals surface area contributed by atoms with Gasteiger partial charge in [-0.3, -0.25) is 4.79 Å². The molecule has 2 aromatic carbocycles. The molecule has 0 spiro atoms. The quantitative estimate of drug-likeness (QED) is 0.877. The van der Waals surface area contributed by atoms with Gasteiger partial charge < -0.3 is 10.8 Å². The predicted molar refractivity (Wildman–Crippen MR) is 79.3 cm³/mol. The SMILES string of the molecule is C[C@@](Cc1ccccc1)(C(=O)O)[C@@H](N)c1ccccc1. The zero-order chi connectivity index (χ0) is 14.6. The maximum Gasteiger partial charge on any atom is 0.311 e. The van der Waals surface area contributed by atoms with Crippen LogP contribution in [0.4, 0.5) is 0 Å². The summed E-state index contributed by atoms with van der Waals surface area (Å²) in [6.45, 7) is 1.71. The average Bonchev–Trinajstić information content (AvgIpc) is 2.48. The van der Waals surface area contributed by atoms with E-state index in [0.717, 1.165) is 11.1 Å². The molecule has 0 heterocycles. The number of carbonyl (C=O) groups is 1. The lowest BCUT2D eigenvalue weighted by Crippen LogP contribution is -2.41. The van der Waals surface area contributed by atoms with Crippen molar-refractivity contribution in [1.82, 2.24) is 0 Å². The Labute approximate surface area is 119 Å². The molecule has 0 aliphatic heterocycles. The minimum atomic E-state index is -1.04. The molecule has 2 atom stereocenters. The molecule has 0 aliphatic carbocycles. The molecule has 0 aliphatic rings. The van der Waals surface area contributed by atoms with E-state index in [1.807, 2.05) is 60.7 Å². The van der Waals surface area contributed by atoms with Gasteiger partial charge in [0.25, 0.3) is 0 Å². The van der Waals surface area contributed by atoms with E-state index in [-0.39, 0.29) is 0 Å². The molecule has 0 radical (unpaired) electrons. The molecule has 3 nitrogen and oxygen atoms in total. The van der Waals surface area contributed by atoms with Gasteiger partial charge in [-0.1, -0.05) is 60.7 Å². The molecule has 0 aromatic heterocycles. The fourth-order valence-electron chi connectivity index (χ4n) is 2.37. The third-order valence-corrected chi connectivity index (χ3v) is 3.75. The molecule has 2 aromatic rings. The highest BCUT2D eigenvalue weighted by Crippen LogP contribution is 2.35. The topological polar surface area (TPSA) is 63.3 Å². The van der Waals surface area contributed by atoms with Crippen molar-refractivity contribution in [2.45, 2.75) is 19.4 Å². The molecule has 0 fully saturated rings. The molecule has 20 heavy (non-hydrogen) atoms. The fourth-order valence-corrected chi connectivity index (χ4v) is 2.37. The van der Waals surface area contributed by atoms with Crippen LogP contribution in [0.2, 0.25) is 0 Å². The molecule has 0 bridgehead atoms. The van der Waals surface area contributed by atoms with Gasteiger partial charge in [0.15, 0.2) is 0 Å². The molecule has 0 amide bonds. The van der Waals surface area contributed by atoms with Crippen LogP contribution >= 0.6 is 0 Å². The van der Waals surface area contributed by atoms with Crippen molar-refractivity contribution in [3.63, 3.8) is 0 Å². The van der Waals surface area contributed by atoms with Crippen LogP contribution < -0.4 is 5.73 Å². The molecule has 0 unspecified atom stereocenters. The predicted octanol–water partition coefficient (Wildman–Crippen LogP) is 3.02. The van der Waals surface area contributed by atoms with Crippen molar-refractivity contribution in [2.24, 2.45) is 11.1 Å². The second kappa shape index (κ2) is 5.88. The van der Waals surface area contributed by atoms with Crippen LogP contribution in [0.3, 0.4) is 0 Å². The van der Waals surface area contributed by atoms with Gasteiger partial charge in [-0.25, -0.2) is 0 Å². The maximum atomic E-state index is 11.8. The third-order valence-electron chi connectivity index (χ3n) is 3.75. The van der Waals surface area contributed by atoms with Gasteiger partial charge in [-0.2, -0.15) is 0 Å². The lowest BCUT2D eigenvalue weighted by molar-refractivity contribution is -0.149. The molecule has 3 heteroatoms. The van der Waals surface area contributed by atoms with Crippen LogP contribution in [0.15, 0.2) is 60.7 Å². The maximum absolute atomic E-state index is 11.8. The standard InChI is InChI=1S/C17H19NO2/c1-17(16(19)20,12-13-8-4-2-5-9-13)15(18)14-10-6-3-7-11-14/h2-11,15H,12,18H2,1H3,(H,19,20)/t15-,17-/m0/s1. The number of carboxylic acids is 1. The van der Waals surface area contributed by atoms with Crippen molar-refractivity contribution in [3.05, 3.63) is 71.8 Å². The van der Waals surface area contributed by atoms with Gasteiger partial charge in [0.1, 0.15) is 0 Å². The number of rotatable bonds is 5. The van der Waals surface area contributed by atoms with Crippen LogP contribution in [-0.2, 0) is 11.2 Å². The van der Waals surface area contributed by atoms with Crippen molar-refractivity contribution in [2.75, 3.05) is 0 Å². The highest BCUT2D eigenvalue weighted by Gasteiger charge is 2.40. The molecular formula is C17H19NO2. The highest BCUT2D eigenvalue weighted by molar-refractivity contribution is 5.76. The number of aliphatic carboxylic acids is 1. The lowest BCUT2D eigenvalue weighted by atomic mass is 9.74. The molecular weight excluding hydrogens is 250 g/mol. The zero-order valence-corrected chi connectivity index (χ0v) is 11.5. The summed E-state index contributed by atoms with van der Waals surface area (Å²) in [6.07, 6.45) is 0.402. The Bertz CT molecular complexity index is 568. The van der Waals surface area contributed by atoms with Crippen LogP contribution in [0.25, 0.3) is 0 Å². The Morgan fingerprint density at radius 2 is 1.60 bits per heavy atom. The Hall–Kier alpha value is -2.13. The van der Waals surface area contributed by atoms with E-state index in [1.165, 1.54) is 0 Å². The summed E-state index contributed by atoms with van der Waals surface area (Å²) in [5, 5.41) is 9.65. The average molecular weight is 269 g/mol. The number of benzene rings is 2. The van der Waals surface area contributed by atoms with E-state index in [1.54, 1.807) is 6.92 Å². The van der Waals surface area contributed by atoms with Gasteiger partial charge in [0.2, 0.25) is 0 Å². The van der Waals surface area contributed by atoms with Gasteiger partial charge in [-0.15, -0.1) is 0 Å². The number of nitrogens with two attached hydrogens (primary N) is 1. The van der Waals surface area contributed by atoms with Crippen LogP contribution in [0.5, 0.6) is 0 Å². The summed E-state index contributed by atoms with van der Waals surface area (Å²) < 4.78 is 0. The number of hydrogen-bond donors (Lipinski definition) is 2. The zero-order valence-electron chi connectivity index (χ0n) is 11.5. The van der Waals surface area contributed by atoms with Gasteiger partial charge in [0.05, 0.1) is 5.41 Å². The van der Waals surface area contributed by atoms with Crippen LogP contribution in [0, 0.1) is 5.41 Å². The summed E-state index contributed by atoms with van der Waals surface area (Å²) in [7, 11) is 0. The Kier molecular flexibility index (Phi) is 4.20. The second-order valence-electron chi connectivity index (χ2n) is 5.27. The number of carboxylic acid groups (broad SMARTS) is 1. The van der Waals surface area contributed by atoms with Gasteiger partial charge >= 0.3 is 5.97 Å². The Morgan fingerprint density at radius 1 is 1.10 bits per heavy atom. The van der Waals surface area contributed by atoms with Crippen molar-refractivity contribution in [1.29, 1.82) is 0 Å². The normalized spacial score (nSPS) is 15.3. The lowest BCUT2D eigenvalue weighted by Gasteiger charge is -2.31. The molecule has 104 valence electrons. The Balaban J connectivity index is 2.32. The highest BCUT2D eigenvalue weighted by atomic mass is 16.4. The second-order valence-corrected chi connectivity index (χ2v) is 5.27. The fraction of sp³-hybridized carbons (Fsp3) is 0.235. The third kappa shape index (κ3) is 2.89. The van der Waals surface area contributed by atoms with E-state index in [9.17, 15) is 9.90 Å². The van der Waals surface area contributed by atoms with Crippen LogP contribution in [-0.4, -0.2) is 11.1 Å². The van der Waals surface area contributed by atoms with Crippen molar-refractivity contribution in [3.8, 4) is 0 Å². The van der Waals surface area contributed by atoms with E-state index in [0.29, 0.717) is 6.42 Å². The largest absolute Gasteiger partial charge is 0.481 e. The first kappa shape index (κ1) is 14.3. The summed E-state index contributed by atoms with van der Waals surface area (Å²) >= 11 is 0. The van der Waals surface area contributed by atoms with Gasteiger partial charge in [0, 0.05) is 6.04 Å². The molecule has 3 N–H and O–H groups in total. The van der Waals surface area contributed by atoms with Crippen molar-refractivity contribution < 1.29 is 9.90 Å². The molecule has 0 saturated carbocycles. The number of hydrogen-bond acceptors (Lipinski definition) is 2. The summed E-state index contributed by atoms with van der Waals surface area (Å²) in [5.41, 5.74) is 7.02. The van der Waals surface area contributed by atoms with E-state index in [2.05, 4.69) is 0 Å². The molecule has 0 saturated heterocycles. The first-order chi connectivity index (χ1) is 9.54. The minimum Gasteiger partial charge on any atom is -0.481 e. The first-order valence-electron chi connectivity index (χ1n) is 6.62. The van der Waals surface area contributed by atoms with Gasteiger partial charge in [-0.05, 0) is 24.5 Å². The monoisotopic (exact) mass is 269 g/mol. The van der Waals surface area contributed by atoms with E-state index < -0.39 is 17.4 Å². The Morgan fingerprint density at radius 3 is 2.10 bits per heavy atom. The molecule has 2 rings (SSSR count). The first-order valence-corrected chi connectivity index (χ1v) is 6.62. The van der Waals surface area contributed by atoms with E-state index in [4.69, 9.17) is 5.73 Å². The summed E-state index contributed by atoms with van der Waals surface area (Å²) in [5.74, 6) is -0.877. The minimum absolute atomic E-state index is 0.402. The smallest absolute Gasteiger partial charge is 0.311 e. The van der Waals surface area contributed by atoms with E-state index >= 15 is 0 Å². The summed E-state index contributed by atoms with van der Waals surface area (Å²) in [4.78, 5) is 11.8.